The largest absolute Gasteiger partial charge is 0.490 e. The first-order chi connectivity index (χ1) is 13.6. The maximum absolute atomic E-state index is 5.48. The zero-order valence-electron chi connectivity index (χ0n) is 16.5. The van der Waals surface area contributed by atoms with Gasteiger partial charge in [-0.2, -0.15) is 0 Å². The molecule has 0 amide bonds. The average molecular weight is 396 g/mol. The molecule has 3 rings (SSSR count). The molecule has 0 radical (unpaired) electrons. The zero-order chi connectivity index (χ0) is 19.8. The summed E-state index contributed by atoms with van der Waals surface area (Å²) in [4.78, 5) is 2.49. The number of thiocarbonyl (C=S) groups is 1. The Balaban J connectivity index is 1.45. The Morgan fingerprint density at radius 2 is 1.96 bits per heavy atom. The number of nitrogens with zero attached hydrogens (tertiary/aromatic N) is 1. The highest BCUT2D eigenvalue weighted by atomic mass is 32.1. The number of benzene rings is 2. The molecule has 1 saturated heterocycles. The van der Waals surface area contributed by atoms with Gasteiger partial charge >= 0.3 is 0 Å². The van der Waals surface area contributed by atoms with Gasteiger partial charge in [0.05, 0.1) is 0 Å². The van der Waals surface area contributed by atoms with Gasteiger partial charge in [0.15, 0.2) is 5.11 Å². The summed E-state index contributed by atoms with van der Waals surface area (Å²) in [6.07, 6.45) is 4.35. The van der Waals surface area contributed by atoms with Crippen LogP contribution >= 0.6 is 12.2 Å². The van der Waals surface area contributed by atoms with Crippen LogP contribution in [-0.2, 0) is 6.54 Å². The van der Waals surface area contributed by atoms with Crippen LogP contribution in [0, 0.1) is 5.92 Å². The quantitative estimate of drug-likeness (QED) is 0.511. The zero-order valence-corrected chi connectivity index (χ0v) is 17.3. The Bertz CT molecular complexity index is 773. The molecule has 0 unspecified atom stereocenters. The average Bonchev–Trinajstić information content (AvgIpc) is 2.72. The van der Waals surface area contributed by atoms with Gasteiger partial charge in [0.2, 0.25) is 0 Å². The van der Waals surface area contributed by atoms with Gasteiger partial charge in [-0.1, -0.05) is 31.7 Å². The Kier molecular flexibility index (Phi) is 7.31. The molecule has 1 heterocycles. The van der Waals surface area contributed by atoms with Gasteiger partial charge in [-0.25, -0.2) is 0 Å². The molecule has 5 heteroatoms. The number of piperidine rings is 1. The minimum Gasteiger partial charge on any atom is -0.490 e. The molecule has 2 aromatic carbocycles. The van der Waals surface area contributed by atoms with Crippen LogP contribution in [0.4, 0.5) is 11.4 Å². The van der Waals surface area contributed by atoms with Gasteiger partial charge in [-0.05, 0) is 72.9 Å². The summed E-state index contributed by atoms with van der Waals surface area (Å²) in [7, 11) is 0. The van der Waals surface area contributed by atoms with E-state index in [2.05, 4.69) is 53.3 Å². The Morgan fingerprint density at radius 1 is 1.21 bits per heavy atom. The lowest BCUT2D eigenvalue weighted by atomic mass is 9.99. The van der Waals surface area contributed by atoms with Crippen LogP contribution in [0.25, 0.3) is 0 Å². The predicted octanol–water partition coefficient (Wildman–Crippen LogP) is 4.97. The lowest BCUT2D eigenvalue weighted by molar-refractivity contribution is 0.363. The molecular formula is C23H29N3OS. The van der Waals surface area contributed by atoms with Gasteiger partial charge < -0.3 is 20.3 Å². The third-order valence-corrected chi connectivity index (χ3v) is 5.14. The molecule has 1 atom stereocenters. The number of hydrogen-bond acceptors (Lipinski definition) is 3. The summed E-state index contributed by atoms with van der Waals surface area (Å²) in [6, 6.07) is 16.5. The molecule has 1 aliphatic heterocycles. The van der Waals surface area contributed by atoms with Crippen molar-refractivity contribution in [3.63, 3.8) is 0 Å². The second-order valence-electron chi connectivity index (χ2n) is 7.29. The van der Waals surface area contributed by atoms with Crippen LogP contribution in [0.1, 0.15) is 25.3 Å². The molecule has 0 aromatic heterocycles. The molecule has 0 spiro atoms. The Labute approximate surface area is 173 Å². The van der Waals surface area contributed by atoms with Crippen molar-refractivity contribution in [1.29, 1.82) is 0 Å². The second kappa shape index (κ2) is 10.1. The monoisotopic (exact) mass is 395 g/mol. The summed E-state index contributed by atoms with van der Waals surface area (Å²) < 4.78 is 5.48. The molecule has 1 aliphatic rings. The van der Waals surface area contributed by atoms with Gasteiger partial charge in [0.1, 0.15) is 12.4 Å². The van der Waals surface area contributed by atoms with E-state index in [1.807, 2.05) is 24.3 Å². The molecule has 0 saturated carbocycles. The summed E-state index contributed by atoms with van der Waals surface area (Å²) in [5, 5.41) is 7.07. The number of nitrogens with one attached hydrogen (secondary N) is 2. The summed E-state index contributed by atoms with van der Waals surface area (Å²) in [6.45, 7) is 9.49. The van der Waals surface area contributed by atoms with E-state index in [4.69, 9.17) is 17.0 Å². The van der Waals surface area contributed by atoms with E-state index >= 15 is 0 Å². The van der Waals surface area contributed by atoms with E-state index in [0.29, 0.717) is 18.3 Å². The Morgan fingerprint density at radius 3 is 2.64 bits per heavy atom. The van der Waals surface area contributed by atoms with Crippen molar-refractivity contribution < 1.29 is 4.74 Å². The minimum absolute atomic E-state index is 0.502. The fourth-order valence-electron chi connectivity index (χ4n) is 3.40. The van der Waals surface area contributed by atoms with Crippen molar-refractivity contribution in [1.82, 2.24) is 5.32 Å². The maximum Gasteiger partial charge on any atom is 0.171 e. The molecule has 148 valence electrons. The van der Waals surface area contributed by atoms with Crippen molar-refractivity contribution in [3.8, 4) is 5.75 Å². The second-order valence-corrected chi connectivity index (χ2v) is 7.70. The van der Waals surface area contributed by atoms with Gasteiger partial charge in [0.25, 0.3) is 0 Å². The molecule has 0 bridgehead atoms. The molecule has 2 aromatic rings. The number of rotatable bonds is 7. The predicted molar refractivity (Wildman–Crippen MR) is 122 cm³/mol. The Hall–Kier alpha value is -2.53. The van der Waals surface area contributed by atoms with E-state index in [9.17, 15) is 0 Å². The van der Waals surface area contributed by atoms with E-state index in [-0.39, 0.29) is 0 Å². The minimum atomic E-state index is 0.502. The van der Waals surface area contributed by atoms with Gasteiger partial charge in [-0.3, -0.25) is 0 Å². The molecular weight excluding hydrogens is 366 g/mol. The summed E-state index contributed by atoms with van der Waals surface area (Å²) in [5.41, 5.74) is 3.46. The van der Waals surface area contributed by atoms with Crippen molar-refractivity contribution in [2.75, 3.05) is 29.9 Å². The van der Waals surface area contributed by atoms with Crippen LogP contribution in [0.3, 0.4) is 0 Å². The first-order valence-electron chi connectivity index (χ1n) is 9.86. The molecule has 4 nitrogen and oxygen atoms in total. The standard InChI is InChI=1S/C23H29N3OS/c1-3-15-27-22-12-8-20(9-13-22)25-23(28)24-16-19-6-10-21(11-7-19)26-14-4-5-18(2)17-26/h3,6-13,18H,1,4-5,14-17H2,2H3,(H2,24,25,28)/t18-/m1/s1. The van der Waals surface area contributed by atoms with Crippen LogP contribution in [0.5, 0.6) is 5.75 Å². The highest BCUT2D eigenvalue weighted by molar-refractivity contribution is 7.80. The molecule has 28 heavy (non-hydrogen) atoms. The SMILES string of the molecule is C=CCOc1ccc(NC(=S)NCc2ccc(N3CCC[C@@H](C)C3)cc2)cc1. The summed E-state index contributed by atoms with van der Waals surface area (Å²) in [5.74, 6) is 1.59. The first-order valence-corrected chi connectivity index (χ1v) is 10.3. The normalized spacial score (nSPS) is 16.3. The number of anilines is 2. The fraction of sp³-hybridized carbons (Fsp3) is 0.348. The van der Waals surface area contributed by atoms with Crippen LogP contribution in [0.2, 0.25) is 0 Å². The highest BCUT2D eigenvalue weighted by Gasteiger charge is 2.16. The van der Waals surface area contributed by atoms with Crippen LogP contribution in [0.15, 0.2) is 61.2 Å². The van der Waals surface area contributed by atoms with Gasteiger partial charge in [0, 0.05) is 31.0 Å². The topological polar surface area (TPSA) is 36.5 Å². The van der Waals surface area contributed by atoms with E-state index in [1.165, 1.54) is 24.1 Å². The van der Waals surface area contributed by atoms with Crippen molar-refractivity contribution in [3.05, 3.63) is 66.7 Å². The molecule has 1 fully saturated rings. The van der Waals surface area contributed by atoms with Crippen LogP contribution < -0.4 is 20.3 Å². The summed E-state index contributed by atoms with van der Waals surface area (Å²) >= 11 is 5.40. The van der Waals surface area contributed by atoms with Gasteiger partial charge in [-0.15, -0.1) is 0 Å². The molecule has 2 N–H and O–H groups in total. The van der Waals surface area contributed by atoms with E-state index in [0.717, 1.165) is 30.4 Å². The lowest BCUT2D eigenvalue weighted by Gasteiger charge is -2.32. The van der Waals surface area contributed by atoms with Crippen molar-refractivity contribution in [2.24, 2.45) is 5.92 Å². The number of hydrogen-bond donors (Lipinski definition) is 2. The van der Waals surface area contributed by atoms with Crippen LogP contribution in [-0.4, -0.2) is 24.8 Å². The van der Waals surface area contributed by atoms with E-state index in [1.54, 1.807) is 6.08 Å². The highest BCUT2D eigenvalue weighted by Crippen LogP contribution is 2.23. The van der Waals surface area contributed by atoms with Crippen molar-refractivity contribution in [2.45, 2.75) is 26.3 Å². The third kappa shape index (κ3) is 5.99. The third-order valence-electron chi connectivity index (χ3n) is 4.89. The molecule has 0 aliphatic carbocycles. The number of ether oxygens (including phenoxy) is 1. The lowest BCUT2D eigenvalue weighted by Crippen LogP contribution is -2.34. The van der Waals surface area contributed by atoms with Crippen molar-refractivity contribution >= 4 is 28.7 Å². The van der Waals surface area contributed by atoms with E-state index < -0.39 is 0 Å². The maximum atomic E-state index is 5.48. The fourth-order valence-corrected chi connectivity index (χ4v) is 3.59. The first kappa shape index (κ1) is 20.2. The smallest absolute Gasteiger partial charge is 0.171 e.